The molecule has 1 aromatic rings. The average molecular weight is 294 g/mol. The lowest BCUT2D eigenvalue weighted by molar-refractivity contribution is -0.389. The molecule has 0 N–H and O–H groups in total. The van der Waals surface area contributed by atoms with Crippen LogP contribution in [0.4, 0.5) is 18.9 Å². The van der Waals surface area contributed by atoms with Gasteiger partial charge < -0.3 is 9.47 Å². The number of halogens is 3. The summed E-state index contributed by atoms with van der Waals surface area (Å²) in [6.07, 6.45) is -5.12. The van der Waals surface area contributed by atoms with Crippen LogP contribution in [0.25, 0.3) is 0 Å². The molecule has 0 aromatic carbocycles. The summed E-state index contributed by atoms with van der Waals surface area (Å²) in [5.41, 5.74) is -1.32. The number of pyridine rings is 1. The van der Waals surface area contributed by atoms with Gasteiger partial charge in [0, 0.05) is 11.3 Å². The van der Waals surface area contributed by atoms with Crippen LogP contribution in [0.2, 0.25) is 0 Å². The van der Waals surface area contributed by atoms with Crippen molar-refractivity contribution in [2.45, 2.75) is 19.7 Å². The van der Waals surface area contributed by atoms with Crippen molar-refractivity contribution < 1.29 is 32.4 Å². The molecular formula is C10H9F3N2O5. The van der Waals surface area contributed by atoms with Crippen LogP contribution in [-0.4, -0.2) is 29.3 Å². The number of rotatable bonds is 4. The van der Waals surface area contributed by atoms with Crippen LogP contribution in [0.15, 0.2) is 6.20 Å². The zero-order valence-electron chi connectivity index (χ0n) is 10.4. The summed E-state index contributed by atoms with van der Waals surface area (Å²) in [7, 11) is 1.03. The first-order chi connectivity index (χ1) is 9.15. The van der Waals surface area contributed by atoms with Crippen LogP contribution in [0, 0.1) is 17.0 Å². The molecule has 0 atom stereocenters. The molecule has 0 saturated heterocycles. The Balaban J connectivity index is 3.41. The number of carbonyl (C=O) groups is 1. The fraction of sp³-hybridized carbons (Fsp3) is 0.400. The Labute approximate surface area is 110 Å². The summed E-state index contributed by atoms with van der Waals surface area (Å²) in [5, 5.41) is 10.7. The third kappa shape index (κ3) is 3.80. The first-order valence-corrected chi connectivity index (χ1v) is 5.11. The zero-order chi connectivity index (χ0) is 15.5. The predicted octanol–water partition coefficient (Wildman–Crippen LogP) is 1.91. The molecule has 0 aliphatic carbocycles. The van der Waals surface area contributed by atoms with Crippen molar-refractivity contribution in [3.05, 3.63) is 27.6 Å². The van der Waals surface area contributed by atoms with Crippen molar-refractivity contribution in [3.63, 3.8) is 0 Å². The summed E-state index contributed by atoms with van der Waals surface area (Å²) >= 11 is 0. The number of carbonyl (C=O) groups excluding carboxylic acids is 1. The van der Waals surface area contributed by atoms with E-state index >= 15 is 0 Å². The lowest BCUT2D eigenvalue weighted by Gasteiger charge is -2.14. The highest BCUT2D eigenvalue weighted by atomic mass is 19.4. The molecule has 0 bridgehead atoms. The van der Waals surface area contributed by atoms with E-state index in [0.29, 0.717) is 6.20 Å². The number of esters is 1. The molecule has 20 heavy (non-hydrogen) atoms. The monoisotopic (exact) mass is 294 g/mol. The number of aromatic nitrogens is 1. The van der Waals surface area contributed by atoms with E-state index < -0.39 is 35.1 Å². The Morgan fingerprint density at radius 3 is 2.55 bits per heavy atom. The second-order valence-corrected chi connectivity index (χ2v) is 3.59. The van der Waals surface area contributed by atoms with Crippen LogP contribution in [0.3, 0.4) is 0 Å². The summed E-state index contributed by atoms with van der Waals surface area (Å²) in [6.45, 7) is 1.30. The first-order valence-electron chi connectivity index (χ1n) is 5.11. The standard InChI is InChI=1S/C10H9F3N2O5/c1-5-6(3-8(16)19-2)9(20-10(11,12)13)7(4-14-5)15(17)18/h4H,3H2,1-2H3. The normalized spacial score (nSPS) is 11.1. The van der Waals surface area contributed by atoms with Crippen LogP contribution in [-0.2, 0) is 16.0 Å². The molecular weight excluding hydrogens is 285 g/mol. The van der Waals surface area contributed by atoms with E-state index in [9.17, 15) is 28.1 Å². The number of nitrogens with zero attached hydrogens (tertiary/aromatic N) is 2. The number of nitro groups is 1. The van der Waals surface area contributed by atoms with Gasteiger partial charge in [0.15, 0.2) is 0 Å². The van der Waals surface area contributed by atoms with Crippen LogP contribution < -0.4 is 4.74 Å². The van der Waals surface area contributed by atoms with Gasteiger partial charge in [0.2, 0.25) is 5.75 Å². The van der Waals surface area contributed by atoms with Gasteiger partial charge in [0.05, 0.1) is 18.5 Å². The second-order valence-electron chi connectivity index (χ2n) is 3.59. The average Bonchev–Trinajstić information content (AvgIpc) is 2.31. The van der Waals surface area contributed by atoms with Crippen molar-refractivity contribution in [2.75, 3.05) is 7.11 Å². The minimum absolute atomic E-state index is 0.000231. The highest BCUT2D eigenvalue weighted by molar-refractivity contribution is 5.74. The van der Waals surface area contributed by atoms with Crippen molar-refractivity contribution in [3.8, 4) is 5.75 Å². The third-order valence-corrected chi connectivity index (χ3v) is 2.29. The number of aryl methyl sites for hydroxylation is 1. The molecule has 0 spiro atoms. The van der Waals surface area contributed by atoms with Crippen molar-refractivity contribution in [1.29, 1.82) is 0 Å². The maximum atomic E-state index is 12.3. The van der Waals surface area contributed by atoms with Gasteiger partial charge in [-0.05, 0) is 6.92 Å². The van der Waals surface area contributed by atoms with Crippen LogP contribution >= 0.6 is 0 Å². The number of hydrogen-bond donors (Lipinski definition) is 0. The van der Waals surface area contributed by atoms with Crippen LogP contribution in [0.5, 0.6) is 5.75 Å². The predicted molar refractivity (Wildman–Crippen MR) is 58.0 cm³/mol. The van der Waals surface area contributed by atoms with Crippen molar-refractivity contribution in [2.24, 2.45) is 0 Å². The molecule has 0 amide bonds. The Morgan fingerprint density at radius 2 is 2.10 bits per heavy atom. The molecule has 0 aliphatic heterocycles. The number of hydrogen-bond acceptors (Lipinski definition) is 6. The summed E-state index contributed by atoms with van der Waals surface area (Å²) < 4.78 is 45.0. The van der Waals surface area contributed by atoms with E-state index in [1.165, 1.54) is 6.92 Å². The molecule has 0 saturated carbocycles. The summed E-state index contributed by atoms with van der Waals surface area (Å²) in [6, 6.07) is 0. The van der Waals surface area contributed by atoms with E-state index in [1.54, 1.807) is 0 Å². The van der Waals surface area contributed by atoms with Gasteiger partial charge in [-0.15, -0.1) is 13.2 Å². The molecule has 10 heteroatoms. The minimum atomic E-state index is -5.14. The molecule has 1 heterocycles. The lowest BCUT2D eigenvalue weighted by Crippen LogP contribution is -2.20. The van der Waals surface area contributed by atoms with Gasteiger partial charge in [0.1, 0.15) is 6.20 Å². The molecule has 7 nitrogen and oxygen atoms in total. The van der Waals surface area contributed by atoms with Crippen molar-refractivity contribution >= 4 is 11.7 Å². The maximum Gasteiger partial charge on any atom is 0.573 e. The van der Waals surface area contributed by atoms with E-state index in [-0.39, 0.29) is 11.3 Å². The van der Waals surface area contributed by atoms with E-state index in [4.69, 9.17) is 0 Å². The molecule has 1 rings (SSSR count). The molecule has 0 radical (unpaired) electrons. The van der Waals surface area contributed by atoms with Crippen molar-refractivity contribution in [1.82, 2.24) is 4.98 Å². The van der Waals surface area contributed by atoms with Gasteiger partial charge in [-0.2, -0.15) is 0 Å². The van der Waals surface area contributed by atoms with Gasteiger partial charge in [-0.3, -0.25) is 19.9 Å². The summed E-state index contributed by atoms with van der Waals surface area (Å²) in [4.78, 5) is 24.4. The molecule has 0 aliphatic rings. The van der Waals surface area contributed by atoms with Gasteiger partial charge in [-0.1, -0.05) is 0 Å². The zero-order valence-corrected chi connectivity index (χ0v) is 10.4. The van der Waals surface area contributed by atoms with Gasteiger partial charge in [-0.25, -0.2) is 0 Å². The number of ether oxygens (including phenoxy) is 2. The van der Waals surface area contributed by atoms with Gasteiger partial charge >= 0.3 is 18.0 Å². The van der Waals surface area contributed by atoms with Crippen LogP contribution in [0.1, 0.15) is 11.3 Å². The maximum absolute atomic E-state index is 12.3. The number of alkyl halides is 3. The Kier molecular flexibility index (Phi) is 4.48. The topological polar surface area (TPSA) is 91.6 Å². The van der Waals surface area contributed by atoms with E-state index in [2.05, 4.69) is 14.5 Å². The Morgan fingerprint density at radius 1 is 1.50 bits per heavy atom. The highest BCUT2D eigenvalue weighted by Crippen LogP contribution is 2.36. The SMILES string of the molecule is COC(=O)Cc1c(C)ncc([N+](=O)[O-])c1OC(F)(F)F. The molecule has 110 valence electrons. The fourth-order valence-electron chi connectivity index (χ4n) is 1.40. The molecule has 1 aromatic heterocycles. The second kappa shape index (κ2) is 5.72. The Bertz CT molecular complexity index is 544. The minimum Gasteiger partial charge on any atom is -0.469 e. The summed E-state index contributed by atoms with van der Waals surface area (Å²) in [5.74, 6) is -1.93. The molecule has 0 fully saturated rings. The highest BCUT2D eigenvalue weighted by Gasteiger charge is 2.37. The van der Waals surface area contributed by atoms with Gasteiger partial charge in [0.25, 0.3) is 0 Å². The largest absolute Gasteiger partial charge is 0.573 e. The molecule has 0 unspecified atom stereocenters. The van der Waals surface area contributed by atoms with E-state index in [0.717, 1.165) is 7.11 Å². The first kappa shape index (κ1) is 15.7. The third-order valence-electron chi connectivity index (χ3n) is 2.29. The quantitative estimate of drug-likeness (QED) is 0.478. The lowest BCUT2D eigenvalue weighted by atomic mass is 10.1. The smallest absolute Gasteiger partial charge is 0.469 e. The number of methoxy groups -OCH3 is 1. The fourth-order valence-corrected chi connectivity index (χ4v) is 1.40. The Hall–Kier alpha value is -2.39. The van der Waals surface area contributed by atoms with E-state index in [1.807, 2.05) is 0 Å².